The summed E-state index contributed by atoms with van der Waals surface area (Å²) in [6.07, 6.45) is 0. The number of benzene rings is 1. The summed E-state index contributed by atoms with van der Waals surface area (Å²) in [5.41, 5.74) is 9.58. The molecular formula is C14H15N3OS. The van der Waals surface area contributed by atoms with Crippen LogP contribution in [-0.4, -0.2) is 34.9 Å². The molecule has 19 heavy (non-hydrogen) atoms. The van der Waals surface area contributed by atoms with Crippen LogP contribution in [0.25, 0.3) is 0 Å². The Balaban J connectivity index is 1.77. The number of hydrogen-bond acceptors (Lipinski definition) is 4. The smallest absolute Gasteiger partial charge is 0.273 e. The van der Waals surface area contributed by atoms with Gasteiger partial charge in [-0.15, -0.1) is 11.3 Å². The first-order valence-electron chi connectivity index (χ1n) is 6.23. The summed E-state index contributed by atoms with van der Waals surface area (Å²) in [6, 6.07) is 10.1. The van der Waals surface area contributed by atoms with Crippen molar-refractivity contribution in [1.29, 1.82) is 0 Å². The number of thiazole rings is 1. The van der Waals surface area contributed by atoms with Crippen LogP contribution in [0.15, 0.2) is 41.2 Å². The van der Waals surface area contributed by atoms with E-state index < -0.39 is 0 Å². The van der Waals surface area contributed by atoms with E-state index >= 15 is 0 Å². The highest BCUT2D eigenvalue weighted by Crippen LogP contribution is 2.27. The Hall–Kier alpha value is -1.72. The minimum absolute atomic E-state index is 0.00927. The first kappa shape index (κ1) is 12.3. The van der Waals surface area contributed by atoms with Gasteiger partial charge in [-0.3, -0.25) is 4.79 Å². The van der Waals surface area contributed by atoms with Gasteiger partial charge in [0, 0.05) is 30.4 Å². The molecule has 1 aromatic carbocycles. The van der Waals surface area contributed by atoms with Crippen LogP contribution in [0.4, 0.5) is 0 Å². The summed E-state index contributed by atoms with van der Waals surface area (Å²) in [5.74, 6) is 0.193. The van der Waals surface area contributed by atoms with E-state index in [1.54, 1.807) is 15.8 Å². The van der Waals surface area contributed by atoms with Gasteiger partial charge in [0.15, 0.2) is 0 Å². The van der Waals surface area contributed by atoms with E-state index in [0.717, 1.165) is 0 Å². The van der Waals surface area contributed by atoms with Gasteiger partial charge < -0.3 is 10.6 Å². The molecule has 0 unspecified atom stereocenters. The third-order valence-electron chi connectivity index (χ3n) is 3.53. The Labute approximate surface area is 115 Å². The number of likely N-dealkylation sites (tertiary alicyclic amines) is 1. The van der Waals surface area contributed by atoms with E-state index in [4.69, 9.17) is 5.73 Å². The Bertz CT molecular complexity index is 555. The van der Waals surface area contributed by atoms with Crippen LogP contribution in [-0.2, 0) is 0 Å². The summed E-state index contributed by atoms with van der Waals surface area (Å²) in [6.45, 7) is 1.26. The molecule has 5 heteroatoms. The molecule has 0 radical (unpaired) electrons. The van der Waals surface area contributed by atoms with E-state index in [9.17, 15) is 4.79 Å². The molecule has 98 valence electrons. The number of rotatable bonds is 2. The zero-order valence-corrected chi connectivity index (χ0v) is 11.2. The van der Waals surface area contributed by atoms with Crippen LogP contribution in [0, 0.1) is 0 Å². The topological polar surface area (TPSA) is 59.2 Å². The molecule has 0 aliphatic carbocycles. The van der Waals surface area contributed by atoms with Gasteiger partial charge in [0.25, 0.3) is 5.91 Å². The number of nitrogens with zero attached hydrogens (tertiary/aromatic N) is 2. The Morgan fingerprint density at radius 1 is 1.32 bits per heavy atom. The van der Waals surface area contributed by atoms with Gasteiger partial charge in [-0.1, -0.05) is 30.3 Å². The maximum absolute atomic E-state index is 12.2. The minimum Gasteiger partial charge on any atom is -0.335 e. The lowest BCUT2D eigenvalue weighted by Crippen LogP contribution is -2.32. The first-order valence-corrected chi connectivity index (χ1v) is 7.18. The Morgan fingerprint density at radius 2 is 2.11 bits per heavy atom. The van der Waals surface area contributed by atoms with Gasteiger partial charge in [0.2, 0.25) is 0 Å². The fraction of sp³-hybridized carbons (Fsp3) is 0.286. The molecule has 1 fully saturated rings. The van der Waals surface area contributed by atoms with Crippen LogP contribution in [0.3, 0.4) is 0 Å². The number of amides is 1. The maximum atomic E-state index is 12.2. The van der Waals surface area contributed by atoms with Gasteiger partial charge in [-0.2, -0.15) is 0 Å². The largest absolute Gasteiger partial charge is 0.335 e. The van der Waals surface area contributed by atoms with Gasteiger partial charge >= 0.3 is 0 Å². The molecular weight excluding hydrogens is 258 g/mol. The Morgan fingerprint density at radius 3 is 2.79 bits per heavy atom. The third kappa shape index (κ3) is 2.39. The lowest BCUT2D eigenvalue weighted by Gasteiger charge is -2.15. The average Bonchev–Trinajstić information content (AvgIpc) is 3.08. The molecule has 0 bridgehead atoms. The highest BCUT2D eigenvalue weighted by atomic mass is 32.1. The molecule has 3 rings (SSSR count). The molecule has 0 spiro atoms. The van der Waals surface area contributed by atoms with Crippen LogP contribution >= 0.6 is 11.3 Å². The maximum Gasteiger partial charge on any atom is 0.273 e. The molecule has 1 saturated heterocycles. The van der Waals surface area contributed by atoms with Crippen molar-refractivity contribution in [2.75, 3.05) is 13.1 Å². The van der Waals surface area contributed by atoms with Crippen molar-refractivity contribution in [1.82, 2.24) is 9.88 Å². The number of nitrogens with two attached hydrogens (primary N) is 1. The van der Waals surface area contributed by atoms with Crippen LogP contribution in [0.5, 0.6) is 0 Å². The molecule has 1 aromatic heterocycles. The minimum atomic E-state index is -0.0184. The lowest BCUT2D eigenvalue weighted by atomic mass is 9.95. The van der Waals surface area contributed by atoms with Crippen molar-refractivity contribution in [2.24, 2.45) is 5.73 Å². The second-order valence-corrected chi connectivity index (χ2v) is 5.48. The number of hydrogen-bond donors (Lipinski definition) is 1. The van der Waals surface area contributed by atoms with Gasteiger partial charge in [-0.05, 0) is 5.56 Å². The van der Waals surface area contributed by atoms with Crippen molar-refractivity contribution in [3.05, 3.63) is 52.5 Å². The molecule has 2 atom stereocenters. The summed E-state index contributed by atoms with van der Waals surface area (Å²) in [7, 11) is 0. The highest BCUT2D eigenvalue weighted by Gasteiger charge is 2.34. The molecule has 4 nitrogen and oxygen atoms in total. The predicted molar refractivity (Wildman–Crippen MR) is 75.2 cm³/mol. The zero-order chi connectivity index (χ0) is 13.2. The van der Waals surface area contributed by atoms with Crippen molar-refractivity contribution < 1.29 is 4.79 Å². The predicted octanol–water partition coefficient (Wildman–Crippen LogP) is 1.71. The van der Waals surface area contributed by atoms with E-state index in [-0.39, 0.29) is 17.9 Å². The lowest BCUT2D eigenvalue weighted by molar-refractivity contribution is 0.0784. The Kier molecular flexibility index (Phi) is 3.31. The van der Waals surface area contributed by atoms with Crippen molar-refractivity contribution in [2.45, 2.75) is 12.0 Å². The number of carbonyl (C=O) groups excluding carboxylic acids is 1. The van der Waals surface area contributed by atoms with Crippen LogP contribution < -0.4 is 5.73 Å². The number of aromatic nitrogens is 1. The zero-order valence-electron chi connectivity index (χ0n) is 10.4. The van der Waals surface area contributed by atoms with Crippen molar-refractivity contribution in [3.8, 4) is 0 Å². The second-order valence-electron chi connectivity index (χ2n) is 4.76. The first-order chi connectivity index (χ1) is 9.25. The normalized spacial score (nSPS) is 22.7. The quantitative estimate of drug-likeness (QED) is 0.906. The molecule has 1 aliphatic rings. The van der Waals surface area contributed by atoms with E-state index in [1.807, 2.05) is 18.2 Å². The van der Waals surface area contributed by atoms with Crippen LogP contribution in [0.2, 0.25) is 0 Å². The third-order valence-corrected chi connectivity index (χ3v) is 4.12. The van der Waals surface area contributed by atoms with Gasteiger partial charge in [0.05, 0.1) is 5.51 Å². The van der Waals surface area contributed by atoms with Gasteiger partial charge in [-0.25, -0.2) is 4.98 Å². The van der Waals surface area contributed by atoms with E-state index in [0.29, 0.717) is 18.8 Å². The molecule has 0 saturated carbocycles. The highest BCUT2D eigenvalue weighted by molar-refractivity contribution is 7.07. The summed E-state index contributed by atoms with van der Waals surface area (Å²) >= 11 is 1.43. The fourth-order valence-electron chi connectivity index (χ4n) is 2.53. The van der Waals surface area contributed by atoms with Crippen LogP contribution in [0.1, 0.15) is 22.0 Å². The standard InChI is InChI=1S/C14H15N3OS/c15-12-7-17(14(18)13-8-19-9-16-13)6-11(12)10-4-2-1-3-5-10/h1-5,8-9,11-12H,6-7,15H2/t11-,12+/m0/s1. The molecule has 2 N–H and O–H groups in total. The number of carbonyl (C=O) groups is 1. The van der Waals surface area contributed by atoms with E-state index in [2.05, 4.69) is 17.1 Å². The monoisotopic (exact) mass is 273 g/mol. The summed E-state index contributed by atoms with van der Waals surface area (Å²) in [4.78, 5) is 18.1. The second kappa shape index (κ2) is 5.11. The average molecular weight is 273 g/mol. The molecule has 2 heterocycles. The fourth-order valence-corrected chi connectivity index (χ4v) is 3.05. The summed E-state index contributed by atoms with van der Waals surface area (Å²) in [5, 5.41) is 1.78. The van der Waals surface area contributed by atoms with Crippen molar-refractivity contribution in [3.63, 3.8) is 0 Å². The summed E-state index contributed by atoms with van der Waals surface area (Å²) < 4.78 is 0. The van der Waals surface area contributed by atoms with Gasteiger partial charge in [0.1, 0.15) is 5.69 Å². The van der Waals surface area contributed by atoms with E-state index in [1.165, 1.54) is 16.9 Å². The van der Waals surface area contributed by atoms with Crippen molar-refractivity contribution >= 4 is 17.2 Å². The molecule has 2 aromatic rings. The SMILES string of the molecule is N[C@@H]1CN(C(=O)c2cscn2)C[C@H]1c1ccccc1. The molecule has 1 amide bonds. The molecule has 1 aliphatic heterocycles.